The van der Waals surface area contributed by atoms with Crippen molar-refractivity contribution < 1.29 is 13.6 Å². The molecule has 1 unspecified atom stereocenters. The molecule has 1 fully saturated rings. The van der Waals surface area contributed by atoms with Gasteiger partial charge in [-0.1, -0.05) is 56.7 Å². The third-order valence-electron chi connectivity index (χ3n) is 6.81. The summed E-state index contributed by atoms with van der Waals surface area (Å²) < 4.78 is 27.7. The Hall–Kier alpha value is -2.64. The lowest BCUT2D eigenvalue weighted by Crippen LogP contribution is -2.35. The van der Waals surface area contributed by atoms with Gasteiger partial charge in [-0.2, -0.15) is 0 Å². The summed E-state index contributed by atoms with van der Waals surface area (Å²) in [7, 11) is 0. The third-order valence-corrected chi connectivity index (χ3v) is 7.82. The predicted molar refractivity (Wildman–Crippen MR) is 139 cm³/mol. The van der Waals surface area contributed by atoms with E-state index in [1.165, 1.54) is 18.6 Å². The van der Waals surface area contributed by atoms with Crippen LogP contribution < -0.4 is 5.32 Å². The van der Waals surface area contributed by atoms with E-state index in [2.05, 4.69) is 29.0 Å². The molecule has 1 N–H and O–H groups in total. The number of piperidine rings is 1. The van der Waals surface area contributed by atoms with Crippen molar-refractivity contribution in [3.63, 3.8) is 0 Å². The number of hydrogen-bond donors (Lipinski definition) is 1. The van der Waals surface area contributed by atoms with Crippen molar-refractivity contribution in [3.05, 3.63) is 70.2 Å². The smallest absolute Gasteiger partial charge is 0.275 e. The number of carbonyl (C=O) groups is 1. The molecule has 0 spiro atoms. The number of nitrogens with zero attached hydrogens (tertiary/aromatic N) is 2. The standard InChI is InChI=1S/C28H33F2N3OS/c1-4-19(2)17-33-14-12-20(13-15-33)27-32-25(18-35-27)26(34)31-24-11-6-5-10-23(24)21-8-7-9-22(16-21)28(3,29)30/h5-11,16,18-20H,4,12-15,17H2,1-3H3,(H,31,34). The number of aromatic nitrogens is 1. The van der Waals surface area contributed by atoms with Gasteiger partial charge in [0.1, 0.15) is 5.69 Å². The van der Waals surface area contributed by atoms with Crippen molar-refractivity contribution in [2.75, 3.05) is 25.0 Å². The molecular formula is C28H33F2N3OS. The van der Waals surface area contributed by atoms with Gasteiger partial charge in [0.2, 0.25) is 0 Å². The molecule has 2 heterocycles. The highest BCUT2D eigenvalue weighted by Crippen LogP contribution is 2.34. The summed E-state index contributed by atoms with van der Waals surface area (Å²) in [6.07, 6.45) is 3.32. The van der Waals surface area contributed by atoms with Crippen molar-refractivity contribution in [2.24, 2.45) is 5.92 Å². The molecule has 0 bridgehead atoms. The van der Waals surface area contributed by atoms with Gasteiger partial charge in [0.15, 0.2) is 0 Å². The van der Waals surface area contributed by atoms with Crippen LogP contribution in [0.15, 0.2) is 53.9 Å². The number of alkyl halides is 2. The fourth-order valence-electron chi connectivity index (χ4n) is 4.50. The topological polar surface area (TPSA) is 45.2 Å². The minimum absolute atomic E-state index is 0.0597. The third kappa shape index (κ3) is 6.33. The van der Waals surface area contributed by atoms with Crippen LogP contribution in [0.2, 0.25) is 0 Å². The van der Waals surface area contributed by atoms with E-state index in [4.69, 9.17) is 0 Å². The number of anilines is 1. The zero-order valence-electron chi connectivity index (χ0n) is 20.6. The van der Waals surface area contributed by atoms with Gasteiger partial charge in [0.25, 0.3) is 11.8 Å². The number of halogens is 2. The van der Waals surface area contributed by atoms with Gasteiger partial charge in [-0.25, -0.2) is 13.8 Å². The van der Waals surface area contributed by atoms with Crippen LogP contribution in [0.1, 0.15) is 67.0 Å². The summed E-state index contributed by atoms with van der Waals surface area (Å²) in [6, 6.07) is 13.5. The SMILES string of the molecule is CCC(C)CN1CCC(c2nc(C(=O)Nc3ccccc3-c3cccc(C(C)(F)F)c3)cs2)CC1. The van der Waals surface area contributed by atoms with Crippen molar-refractivity contribution in [2.45, 2.75) is 51.9 Å². The molecule has 1 aliphatic heterocycles. The van der Waals surface area contributed by atoms with Crippen LogP contribution in [0.3, 0.4) is 0 Å². The highest BCUT2D eigenvalue weighted by atomic mass is 32.1. The first-order valence-corrected chi connectivity index (χ1v) is 13.2. The molecule has 7 heteroatoms. The molecule has 0 saturated carbocycles. The van der Waals surface area contributed by atoms with E-state index in [0.717, 1.165) is 44.4 Å². The van der Waals surface area contributed by atoms with E-state index in [1.807, 2.05) is 23.6 Å². The molecule has 4 nitrogen and oxygen atoms in total. The summed E-state index contributed by atoms with van der Waals surface area (Å²) in [6.45, 7) is 8.70. The molecule has 0 aliphatic carbocycles. The van der Waals surface area contributed by atoms with Crippen LogP contribution in [-0.2, 0) is 5.92 Å². The highest BCUT2D eigenvalue weighted by molar-refractivity contribution is 7.10. The lowest BCUT2D eigenvalue weighted by atomic mass is 9.96. The minimum atomic E-state index is -2.93. The van der Waals surface area contributed by atoms with E-state index in [1.54, 1.807) is 29.5 Å². The van der Waals surface area contributed by atoms with E-state index < -0.39 is 5.92 Å². The fourth-order valence-corrected chi connectivity index (χ4v) is 5.47. The van der Waals surface area contributed by atoms with Gasteiger partial charge in [-0.05, 0) is 49.5 Å². The van der Waals surface area contributed by atoms with Gasteiger partial charge < -0.3 is 10.2 Å². The Morgan fingerprint density at radius 1 is 1.20 bits per heavy atom. The van der Waals surface area contributed by atoms with E-state index >= 15 is 0 Å². The number of para-hydroxylation sites is 1. The normalized spacial score (nSPS) is 16.3. The summed E-state index contributed by atoms with van der Waals surface area (Å²) in [4.78, 5) is 20.2. The molecule has 1 atom stereocenters. The number of nitrogens with one attached hydrogen (secondary N) is 1. The van der Waals surface area contributed by atoms with Gasteiger partial charge >= 0.3 is 0 Å². The van der Waals surface area contributed by atoms with Crippen LogP contribution in [-0.4, -0.2) is 35.4 Å². The Morgan fingerprint density at radius 3 is 2.66 bits per heavy atom. The minimum Gasteiger partial charge on any atom is -0.320 e. The Bertz CT molecular complexity index is 1150. The maximum atomic E-state index is 13.9. The summed E-state index contributed by atoms with van der Waals surface area (Å²) >= 11 is 1.55. The van der Waals surface area contributed by atoms with Crippen molar-refractivity contribution >= 4 is 22.9 Å². The number of amides is 1. The summed E-state index contributed by atoms with van der Waals surface area (Å²) in [5, 5.41) is 5.78. The lowest BCUT2D eigenvalue weighted by molar-refractivity contribution is 0.0175. The molecular weight excluding hydrogens is 464 g/mol. The number of likely N-dealkylation sites (tertiary alicyclic amines) is 1. The summed E-state index contributed by atoms with van der Waals surface area (Å²) in [5.74, 6) is -2.12. The van der Waals surface area contributed by atoms with Crippen LogP contribution in [0, 0.1) is 5.92 Å². The Morgan fingerprint density at radius 2 is 1.94 bits per heavy atom. The second-order valence-electron chi connectivity index (χ2n) is 9.63. The van der Waals surface area contributed by atoms with Gasteiger partial charge in [-0.3, -0.25) is 4.79 Å². The average molecular weight is 498 g/mol. The molecule has 35 heavy (non-hydrogen) atoms. The second-order valence-corrected chi connectivity index (χ2v) is 10.5. The molecule has 1 aromatic heterocycles. The molecule has 3 aromatic rings. The first kappa shape index (κ1) is 25.5. The first-order valence-electron chi connectivity index (χ1n) is 12.3. The number of thiazole rings is 1. The van der Waals surface area contributed by atoms with Crippen LogP contribution in [0.5, 0.6) is 0 Å². The first-order chi connectivity index (χ1) is 16.7. The van der Waals surface area contributed by atoms with E-state index in [-0.39, 0.29) is 11.5 Å². The predicted octanol–water partition coefficient (Wildman–Crippen LogP) is 7.40. The molecule has 1 amide bonds. The van der Waals surface area contributed by atoms with E-state index in [0.29, 0.717) is 34.3 Å². The monoisotopic (exact) mass is 497 g/mol. The highest BCUT2D eigenvalue weighted by Gasteiger charge is 2.26. The van der Waals surface area contributed by atoms with Gasteiger partial charge in [-0.15, -0.1) is 11.3 Å². The lowest BCUT2D eigenvalue weighted by Gasteiger charge is -2.32. The van der Waals surface area contributed by atoms with Crippen LogP contribution in [0.4, 0.5) is 14.5 Å². The van der Waals surface area contributed by atoms with Crippen LogP contribution in [0.25, 0.3) is 11.1 Å². The number of rotatable bonds is 8. The van der Waals surface area contributed by atoms with Crippen molar-refractivity contribution in [1.29, 1.82) is 0 Å². The molecule has 1 saturated heterocycles. The number of hydrogen-bond acceptors (Lipinski definition) is 4. The Kier molecular flexibility index (Phi) is 7.97. The quantitative estimate of drug-likeness (QED) is 0.353. The molecule has 1 aliphatic rings. The van der Waals surface area contributed by atoms with Gasteiger partial charge in [0, 0.05) is 41.6 Å². The maximum absolute atomic E-state index is 13.9. The largest absolute Gasteiger partial charge is 0.320 e. The second kappa shape index (κ2) is 11.0. The number of benzene rings is 2. The molecule has 0 radical (unpaired) electrons. The molecule has 186 valence electrons. The Balaban J connectivity index is 1.44. The van der Waals surface area contributed by atoms with Gasteiger partial charge in [0.05, 0.1) is 5.01 Å². The maximum Gasteiger partial charge on any atom is 0.275 e. The zero-order chi connectivity index (χ0) is 25.0. The average Bonchev–Trinajstić information content (AvgIpc) is 3.35. The number of carbonyl (C=O) groups excluding carboxylic acids is 1. The van der Waals surface area contributed by atoms with E-state index in [9.17, 15) is 13.6 Å². The molecule has 2 aromatic carbocycles. The molecule has 4 rings (SSSR count). The summed E-state index contributed by atoms with van der Waals surface area (Å²) in [5.41, 5.74) is 2.23. The zero-order valence-corrected chi connectivity index (χ0v) is 21.4. The van der Waals surface area contributed by atoms with Crippen molar-refractivity contribution in [3.8, 4) is 11.1 Å². The van der Waals surface area contributed by atoms with Crippen LogP contribution >= 0.6 is 11.3 Å². The Labute approximate surface area is 210 Å². The van der Waals surface area contributed by atoms with Crippen molar-refractivity contribution in [1.82, 2.24) is 9.88 Å². The fraction of sp³-hybridized carbons (Fsp3) is 0.429.